The first kappa shape index (κ1) is 16.5. The lowest BCUT2D eigenvalue weighted by Gasteiger charge is -2.17. The van der Waals surface area contributed by atoms with Gasteiger partial charge < -0.3 is 10.1 Å². The van der Waals surface area contributed by atoms with Crippen molar-refractivity contribution in [2.45, 2.75) is 19.4 Å². The summed E-state index contributed by atoms with van der Waals surface area (Å²) in [5, 5.41) is 13.5. The van der Waals surface area contributed by atoms with E-state index in [1.165, 1.54) is 12.1 Å². The Bertz CT molecular complexity index is 698. The summed E-state index contributed by atoms with van der Waals surface area (Å²) in [6, 6.07) is 13.3. The van der Waals surface area contributed by atoms with Crippen LogP contribution >= 0.6 is 0 Å². The summed E-state index contributed by atoms with van der Waals surface area (Å²) in [5.74, 6) is 0.563. The van der Waals surface area contributed by atoms with Gasteiger partial charge in [0, 0.05) is 17.7 Å². The monoisotopic (exact) mass is 314 g/mol. The fraction of sp³-hybridized carbons (Fsp3) is 0.235. The third-order valence-corrected chi connectivity index (χ3v) is 3.49. The largest absolute Gasteiger partial charge is 0.496 e. The van der Waals surface area contributed by atoms with Crippen LogP contribution in [0.1, 0.15) is 24.1 Å². The Morgan fingerprint density at radius 2 is 1.87 bits per heavy atom. The van der Waals surface area contributed by atoms with Crippen molar-refractivity contribution < 1.29 is 14.5 Å². The third-order valence-electron chi connectivity index (χ3n) is 3.49. The van der Waals surface area contributed by atoms with Crippen molar-refractivity contribution in [3.05, 3.63) is 69.8 Å². The molecule has 23 heavy (non-hydrogen) atoms. The fourth-order valence-corrected chi connectivity index (χ4v) is 2.32. The molecule has 0 aromatic heterocycles. The van der Waals surface area contributed by atoms with E-state index in [4.69, 9.17) is 4.74 Å². The number of nitro benzene ring substituents is 1. The van der Waals surface area contributed by atoms with E-state index in [1.54, 1.807) is 19.2 Å². The van der Waals surface area contributed by atoms with E-state index in [-0.39, 0.29) is 24.1 Å². The smallest absolute Gasteiger partial charge is 0.269 e. The van der Waals surface area contributed by atoms with Crippen LogP contribution in [-0.4, -0.2) is 17.9 Å². The number of nitrogens with zero attached hydrogens (tertiary/aromatic N) is 1. The Hall–Kier alpha value is -2.89. The quantitative estimate of drug-likeness (QED) is 0.656. The zero-order chi connectivity index (χ0) is 16.8. The topological polar surface area (TPSA) is 81.5 Å². The summed E-state index contributed by atoms with van der Waals surface area (Å²) >= 11 is 0. The minimum Gasteiger partial charge on any atom is -0.496 e. The minimum absolute atomic E-state index is 0.0107. The molecule has 6 nitrogen and oxygen atoms in total. The maximum Gasteiger partial charge on any atom is 0.269 e. The van der Waals surface area contributed by atoms with Gasteiger partial charge in [0.05, 0.1) is 24.5 Å². The molecule has 0 aliphatic rings. The lowest BCUT2D eigenvalue weighted by molar-refractivity contribution is -0.384. The highest BCUT2D eigenvalue weighted by Gasteiger charge is 2.14. The SMILES string of the molecule is COc1ccccc1C(C)NC(=O)Cc1ccc([N+](=O)[O-])cc1. The van der Waals surface area contributed by atoms with Gasteiger partial charge in [-0.1, -0.05) is 30.3 Å². The van der Waals surface area contributed by atoms with Crippen LogP contribution in [0.3, 0.4) is 0 Å². The number of carbonyl (C=O) groups excluding carboxylic acids is 1. The molecule has 6 heteroatoms. The average molecular weight is 314 g/mol. The highest BCUT2D eigenvalue weighted by molar-refractivity contribution is 5.79. The van der Waals surface area contributed by atoms with Crippen molar-refractivity contribution in [3.63, 3.8) is 0 Å². The first-order valence-corrected chi connectivity index (χ1v) is 7.17. The number of methoxy groups -OCH3 is 1. The Kier molecular flexibility index (Phi) is 5.30. The highest BCUT2D eigenvalue weighted by Crippen LogP contribution is 2.24. The zero-order valence-electron chi connectivity index (χ0n) is 13.0. The summed E-state index contributed by atoms with van der Waals surface area (Å²) in [4.78, 5) is 22.3. The number of hydrogen-bond acceptors (Lipinski definition) is 4. The lowest BCUT2D eigenvalue weighted by atomic mass is 10.1. The number of non-ortho nitro benzene ring substituents is 1. The van der Waals surface area contributed by atoms with Gasteiger partial charge in [-0.05, 0) is 18.6 Å². The second-order valence-corrected chi connectivity index (χ2v) is 5.13. The van der Waals surface area contributed by atoms with Gasteiger partial charge in [0.15, 0.2) is 0 Å². The van der Waals surface area contributed by atoms with Crippen LogP contribution in [0, 0.1) is 10.1 Å². The molecule has 0 aliphatic carbocycles. The molecule has 0 fully saturated rings. The van der Waals surface area contributed by atoms with Crippen LogP contribution in [-0.2, 0) is 11.2 Å². The molecule has 0 saturated heterocycles. The van der Waals surface area contributed by atoms with Gasteiger partial charge in [0.1, 0.15) is 5.75 Å². The summed E-state index contributed by atoms with van der Waals surface area (Å²) in [6.07, 6.45) is 0.164. The molecule has 1 amide bonds. The van der Waals surface area contributed by atoms with Crippen molar-refractivity contribution in [3.8, 4) is 5.75 Å². The molecule has 2 aromatic carbocycles. The lowest BCUT2D eigenvalue weighted by Crippen LogP contribution is -2.28. The van der Waals surface area contributed by atoms with E-state index in [2.05, 4.69) is 5.32 Å². The molecule has 0 heterocycles. The van der Waals surface area contributed by atoms with E-state index >= 15 is 0 Å². The van der Waals surface area contributed by atoms with Crippen LogP contribution in [0.15, 0.2) is 48.5 Å². The molecule has 1 unspecified atom stereocenters. The first-order valence-electron chi connectivity index (χ1n) is 7.17. The van der Waals surface area contributed by atoms with Crippen LogP contribution in [0.2, 0.25) is 0 Å². The summed E-state index contributed by atoms with van der Waals surface area (Å²) in [5.41, 5.74) is 1.63. The third kappa shape index (κ3) is 4.29. The number of rotatable bonds is 6. The van der Waals surface area contributed by atoms with Crippen molar-refractivity contribution in [1.82, 2.24) is 5.32 Å². The molecular formula is C17H18N2O4. The molecule has 120 valence electrons. The molecule has 2 aromatic rings. The molecule has 0 saturated carbocycles. The Balaban J connectivity index is 2.00. The number of nitrogens with one attached hydrogen (secondary N) is 1. The number of nitro groups is 1. The maximum atomic E-state index is 12.1. The summed E-state index contributed by atoms with van der Waals surface area (Å²) < 4.78 is 5.29. The van der Waals surface area contributed by atoms with Gasteiger partial charge in [-0.2, -0.15) is 0 Å². The average Bonchev–Trinajstić information content (AvgIpc) is 2.55. The molecular weight excluding hydrogens is 296 g/mol. The molecule has 0 bridgehead atoms. The fourth-order valence-electron chi connectivity index (χ4n) is 2.32. The van der Waals surface area contributed by atoms with Crippen molar-refractivity contribution in [2.24, 2.45) is 0 Å². The second kappa shape index (κ2) is 7.40. The van der Waals surface area contributed by atoms with Gasteiger partial charge >= 0.3 is 0 Å². The molecule has 1 N–H and O–H groups in total. The van der Waals surface area contributed by atoms with Crippen LogP contribution < -0.4 is 10.1 Å². The first-order chi connectivity index (χ1) is 11.0. The minimum atomic E-state index is -0.465. The van der Waals surface area contributed by atoms with Crippen LogP contribution in [0.25, 0.3) is 0 Å². The number of hydrogen-bond donors (Lipinski definition) is 1. The molecule has 1 atom stereocenters. The van der Waals surface area contributed by atoms with Gasteiger partial charge in [0.25, 0.3) is 5.69 Å². The number of benzene rings is 2. The van der Waals surface area contributed by atoms with Crippen molar-refractivity contribution in [2.75, 3.05) is 7.11 Å². The van der Waals surface area contributed by atoms with Gasteiger partial charge in [-0.25, -0.2) is 0 Å². The highest BCUT2D eigenvalue weighted by atomic mass is 16.6. The number of ether oxygens (including phenoxy) is 1. The van der Waals surface area contributed by atoms with Crippen LogP contribution in [0.5, 0.6) is 5.75 Å². The standard InChI is InChI=1S/C17H18N2O4/c1-12(15-5-3-4-6-16(15)23-2)18-17(20)11-13-7-9-14(10-8-13)19(21)22/h3-10,12H,11H2,1-2H3,(H,18,20). The van der Waals surface area contributed by atoms with Gasteiger partial charge in [-0.15, -0.1) is 0 Å². The Morgan fingerprint density at radius 1 is 1.22 bits per heavy atom. The maximum absolute atomic E-state index is 12.1. The van der Waals surface area contributed by atoms with E-state index in [0.29, 0.717) is 0 Å². The van der Waals surface area contributed by atoms with Gasteiger partial charge in [-0.3, -0.25) is 14.9 Å². The predicted molar refractivity (Wildman–Crippen MR) is 86.4 cm³/mol. The number of amides is 1. The summed E-state index contributed by atoms with van der Waals surface area (Å²) in [7, 11) is 1.59. The second-order valence-electron chi connectivity index (χ2n) is 5.13. The van der Waals surface area contributed by atoms with E-state index in [0.717, 1.165) is 16.9 Å². The predicted octanol–water partition coefficient (Wildman–Crippen LogP) is 3.02. The van der Waals surface area contributed by atoms with Crippen LogP contribution in [0.4, 0.5) is 5.69 Å². The Labute approximate surface area is 134 Å². The van der Waals surface area contributed by atoms with E-state index in [9.17, 15) is 14.9 Å². The number of carbonyl (C=O) groups is 1. The number of para-hydroxylation sites is 1. The normalized spacial score (nSPS) is 11.6. The van der Waals surface area contributed by atoms with Gasteiger partial charge in [0.2, 0.25) is 5.91 Å². The van der Waals surface area contributed by atoms with Crippen molar-refractivity contribution >= 4 is 11.6 Å². The van der Waals surface area contributed by atoms with Crippen molar-refractivity contribution in [1.29, 1.82) is 0 Å². The Morgan fingerprint density at radius 3 is 2.48 bits per heavy atom. The van der Waals surface area contributed by atoms with E-state index < -0.39 is 4.92 Å². The van der Waals surface area contributed by atoms with E-state index in [1.807, 2.05) is 31.2 Å². The summed E-state index contributed by atoms with van der Waals surface area (Å²) in [6.45, 7) is 1.88. The molecule has 0 aliphatic heterocycles. The molecule has 0 spiro atoms. The molecule has 0 radical (unpaired) electrons. The zero-order valence-corrected chi connectivity index (χ0v) is 13.0. The molecule has 2 rings (SSSR count).